The summed E-state index contributed by atoms with van der Waals surface area (Å²) in [4.78, 5) is 0. The van der Waals surface area contributed by atoms with E-state index in [0.29, 0.717) is 0 Å². The first-order valence-corrected chi connectivity index (χ1v) is 4.41. The first-order valence-electron chi connectivity index (χ1n) is 4.41. The van der Waals surface area contributed by atoms with Crippen molar-refractivity contribution in [2.45, 2.75) is 39.0 Å². The minimum Gasteiger partial charge on any atom is -0.630 e. The molecule has 0 saturated carbocycles. The highest BCUT2D eigenvalue weighted by molar-refractivity contribution is 4.63. The standard InChI is InChI=1S/C8H21N3O2/c1-7(2,9-5)11(13)8(3,4)10(6)12/h9-11H,1-6H3. The predicted molar refractivity (Wildman–Crippen MR) is 51.8 cm³/mol. The van der Waals surface area contributed by atoms with Crippen LogP contribution in [0.2, 0.25) is 0 Å². The molecule has 80 valence electrons. The summed E-state index contributed by atoms with van der Waals surface area (Å²) < 4.78 is 0. The van der Waals surface area contributed by atoms with Gasteiger partial charge in [0.1, 0.15) is 5.66 Å². The second-order valence-corrected chi connectivity index (χ2v) is 4.39. The largest absolute Gasteiger partial charge is 0.630 e. The van der Waals surface area contributed by atoms with E-state index in [0.717, 1.165) is 0 Å². The highest BCUT2D eigenvalue weighted by atomic mass is 16.6. The molecule has 0 aromatic carbocycles. The topological polar surface area (TPSA) is 67.0 Å². The molecule has 2 atom stereocenters. The summed E-state index contributed by atoms with van der Waals surface area (Å²) in [6.07, 6.45) is 0. The molecule has 0 aromatic heterocycles. The van der Waals surface area contributed by atoms with E-state index in [2.05, 4.69) is 5.32 Å². The molecule has 0 radical (unpaired) electrons. The second kappa shape index (κ2) is 3.89. The van der Waals surface area contributed by atoms with Crippen LogP contribution in [-0.2, 0) is 0 Å². The molecular weight excluding hydrogens is 170 g/mol. The van der Waals surface area contributed by atoms with Gasteiger partial charge in [-0.05, 0) is 7.05 Å². The van der Waals surface area contributed by atoms with Crippen molar-refractivity contribution in [2.24, 2.45) is 0 Å². The third-order valence-electron chi connectivity index (χ3n) is 2.64. The van der Waals surface area contributed by atoms with Crippen molar-refractivity contribution in [3.8, 4) is 0 Å². The van der Waals surface area contributed by atoms with E-state index in [1.807, 2.05) is 0 Å². The summed E-state index contributed by atoms with van der Waals surface area (Å²) in [7, 11) is 3.16. The van der Waals surface area contributed by atoms with Gasteiger partial charge in [-0.15, -0.1) is 0 Å². The molecule has 0 heterocycles. The van der Waals surface area contributed by atoms with Gasteiger partial charge in [-0.3, -0.25) is 5.32 Å². The Balaban J connectivity index is 4.67. The Morgan fingerprint density at radius 1 is 1.08 bits per heavy atom. The maximum Gasteiger partial charge on any atom is 0.217 e. The Kier molecular flexibility index (Phi) is 3.83. The summed E-state index contributed by atoms with van der Waals surface area (Å²) in [5.41, 5.74) is -1.54. The molecule has 5 nitrogen and oxygen atoms in total. The van der Waals surface area contributed by atoms with Crippen LogP contribution in [0.4, 0.5) is 0 Å². The van der Waals surface area contributed by atoms with Crippen LogP contribution in [0, 0.1) is 10.4 Å². The van der Waals surface area contributed by atoms with Gasteiger partial charge in [0.15, 0.2) is 0 Å². The van der Waals surface area contributed by atoms with Crippen LogP contribution >= 0.6 is 0 Å². The molecule has 0 fully saturated rings. The van der Waals surface area contributed by atoms with Crippen LogP contribution in [0.5, 0.6) is 0 Å². The maximum absolute atomic E-state index is 11.9. The van der Waals surface area contributed by atoms with Gasteiger partial charge < -0.3 is 20.5 Å². The van der Waals surface area contributed by atoms with Crippen molar-refractivity contribution in [1.82, 2.24) is 5.32 Å². The highest BCUT2D eigenvalue weighted by Gasteiger charge is 2.38. The first kappa shape index (κ1) is 12.8. The van der Waals surface area contributed by atoms with E-state index in [1.54, 1.807) is 34.7 Å². The number of quaternary nitrogens is 2. The van der Waals surface area contributed by atoms with Gasteiger partial charge in [0.25, 0.3) is 0 Å². The minimum absolute atomic E-state index is 0.0741. The second-order valence-electron chi connectivity index (χ2n) is 4.39. The van der Waals surface area contributed by atoms with Gasteiger partial charge in [-0.25, -0.2) is 0 Å². The molecule has 0 aliphatic rings. The molecule has 13 heavy (non-hydrogen) atoms. The maximum atomic E-state index is 11.9. The third-order valence-corrected chi connectivity index (χ3v) is 2.64. The number of hydrogen-bond donors (Lipinski definition) is 3. The zero-order valence-corrected chi connectivity index (χ0v) is 9.32. The molecule has 5 heteroatoms. The highest BCUT2D eigenvalue weighted by Crippen LogP contribution is 1.93. The quantitative estimate of drug-likeness (QED) is 0.358. The van der Waals surface area contributed by atoms with Gasteiger partial charge in [0.2, 0.25) is 5.66 Å². The fourth-order valence-electron chi connectivity index (χ4n) is 1.05. The SMILES string of the molecule is CNC(C)(C)[NH+]([O-])C(C)(C)[NH+](C)[O-]. The third kappa shape index (κ3) is 2.62. The number of nitrogens with one attached hydrogen (secondary N) is 3. The van der Waals surface area contributed by atoms with Crippen LogP contribution in [0.15, 0.2) is 0 Å². The molecular formula is C8H21N3O2. The van der Waals surface area contributed by atoms with Crippen molar-refractivity contribution >= 4 is 0 Å². The fourth-order valence-corrected chi connectivity index (χ4v) is 1.05. The Labute approximate surface area is 79.9 Å². The summed E-state index contributed by atoms with van der Waals surface area (Å²) in [6, 6.07) is 0. The van der Waals surface area contributed by atoms with E-state index in [9.17, 15) is 10.4 Å². The van der Waals surface area contributed by atoms with E-state index in [-0.39, 0.29) is 10.1 Å². The van der Waals surface area contributed by atoms with Crippen molar-refractivity contribution in [3.05, 3.63) is 10.4 Å². The van der Waals surface area contributed by atoms with Crippen molar-refractivity contribution in [1.29, 1.82) is 0 Å². The number of hydrogen-bond acceptors (Lipinski definition) is 3. The lowest BCUT2D eigenvalue weighted by atomic mass is 10.1. The molecule has 0 rings (SSSR count). The lowest BCUT2D eigenvalue weighted by Crippen LogP contribution is -3.39. The van der Waals surface area contributed by atoms with Crippen LogP contribution in [0.1, 0.15) is 27.7 Å². The Morgan fingerprint density at radius 2 is 1.46 bits per heavy atom. The predicted octanol–water partition coefficient (Wildman–Crippen LogP) is -1.93. The summed E-state index contributed by atoms with van der Waals surface area (Å²) >= 11 is 0. The van der Waals surface area contributed by atoms with Crippen LogP contribution < -0.4 is 15.4 Å². The number of hydroxylamine groups is 4. The molecule has 2 unspecified atom stereocenters. The molecule has 0 amide bonds. The summed E-state index contributed by atoms with van der Waals surface area (Å²) in [5, 5.41) is 25.8. The van der Waals surface area contributed by atoms with Crippen LogP contribution in [0.25, 0.3) is 0 Å². The molecule has 0 saturated heterocycles. The van der Waals surface area contributed by atoms with Gasteiger partial charge in [-0.1, -0.05) is 0 Å². The Bertz CT molecular complexity index is 169. The van der Waals surface area contributed by atoms with Gasteiger partial charge in [0, 0.05) is 27.7 Å². The minimum atomic E-state index is -0.896. The average Bonchev–Trinajstić information content (AvgIpc) is 2.02. The van der Waals surface area contributed by atoms with E-state index < -0.39 is 11.3 Å². The summed E-state index contributed by atoms with van der Waals surface area (Å²) in [6.45, 7) is 6.88. The molecule has 0 aliphatic carbocycles. The monoisotopic (exact) mass is 191 g/mol. The normalized spacial score (nSPS) is 18.5. The molecule has 0 bridgehead atoms. The van der Waals surface area contributed by atoms with E-state index in [4.69, 9.17) is 0 Å². The zero-order valence-electron chi connectivity index (χ0n) is 9.32. The number of rotatable bonds is 4. The van der Waals surface area contributed by atoms with E-state index in [1.165, 1.54) is 7.05 Å². The zero-order chi connectivity index (χ0) is 10.9. The van der Waals surface area contributed by atoms with E-state index >= 15 is 0 Å². The lowest BCUT2D eigenvalue weighted by Gasteiger charge is -2.50. The lowest BCUT2D eigenvalue weighted by molar-refractivity contribution is -1.13. The van der Waals surface area contributed by atoms with Gasteiger partial charge in [-0.2, -0.15) is 0 Å². The Morgan fingerprint density at radius 3 is 1.69 bits per heavy atom. The van der Waals surface area contributed by atoms with Crippen LogP contribution in [0.3, 0.4) is 0 Å². The average molecular weight is 191 g/mol. The fraction of sp³-hybridized carbons (Fsp3) is 1.00. The van der Waals surface area contributed by atoms with Crippen molar-refractivity contribution < 1.29 is 10.1 Å². The Hall–Kier alpha value is -0.200. The van der Waals surface area contributed by atoms with Crippen LogP contribution in [-0.4, -0.2) is 25.4 Å². The summed E-state index contributed by atoms with van der Waals surface area (Å²) in [5.74, 6) is 0. The van der Waals surface area contributed by atoms with Gasteiger partial charge in [0.05, 0.1) is 7.05 Å². The smallest absolute Gasteiger partial charge is 0.217 e. The molecule has 0 spiro atoms. The van der Waals surface area contributed by atoms with Crippen molar-refractivity contribution in [2.75, 3.05) is 14.1 Å². The molecule has 0 aromatic rings. The molecule has 3 N–H and O–H groups in total. The van der Waals surface area contributed by atoms with Gasteiger partial charge >= 0.3 is 0 Å². The van der Waals surface area contributed by atoms with Crippen molar-refractivity contribution in [3.63, 3.8) is 0 Å². The first-order chi connectivity index (χ1) is 5.66. The molecule has 0 aliphatic heterocycles.